The molecule has 0 fully saturated rings. The van der Waals surface area contributed by atoms with E-state index in [0.29, 0.717) is 0 Å². The van der Waals surface area contributed by atoms with Crippen molar-refractivity contribution < 1.29 is 5.11 Å². The predicted octanol–water partition coefficient (Wildman–Crippen LogP) is 5.23. The van der Waals surface area contributed by atoms with Crippen LogP contribution in [0.5, 0.6) is 0 Å². The van der Waals surface area contributed by atoms with Crippen LogP contribution in [0.4, 0.5) is 0 Å². The van der Waals surface area contributed by atoms with Gasteiger partial charge in [-0.1, -0.05) is 68.7 Å². The molecule has 98 valence electrons. The van der Waals surface area contributed by atoms with Crippen molar-refractivity contribution >= 4 is 33.9 Å². The molecule has 0 saturated heterocycles. The van der Waals surface area contributed by atoms with E-state index in [9.17, 15) is 5.11 Å². The lowest BCUT2D eigenvalue weighted by atomic mass is 10.2. The average molecular weight is 280 g/mol. The topological polar surface area (TPSA) is 20.2 Å². The van der Waals surface area contributed by atoms with Gasteiger partial charge in [0.25, 0.3) is 0 Å². The zero-order valence-corrected chi connectivity index (χ0v) is 12.4. The van der Waals surface area contributed by atoms with Crippen molar-refractivity contribution in [1.29, 1.82) is 0 Å². The molecule has 0 atom stereocenters. The Morgan fingerprint density at radius 3 is 2.61 bits per heavy atom. The van der Waals surface area contributed by atoms with E-state index in [1.165, 1.54) is 25.7 Å². The molecule has 0 radical (unpaired) electrons. The molecule has 0 aliphatic carbocycles. The summed E-state index contributed by atoms with van der Waals surface area (Å²) in [7, 11) is 0. The number of aliphatic hydroxyl groups excluding tert-OH is 1. The highest BCUT2D eigenvalue weighted by Crippen LogP contribution is 2.16. The molecule has 0 unspecified atom stereocenters. The monoisotopic (exact) mass is 280 g/mol. The predicted molar refractivity (Wildman–Crippen MR) is 86.2 cm³/mol. The zero-order valence-electron chi connectivity index (χ0n) is 10.8. The molecule has 1 rings (SSSR count). The number of hydrogen-bond donors (Lipinski definition) is 1. The summed E-state index contributed by atoms with van der Waals surface area (Å²) in [6.07, 6.45) is 6.68. The Hall–Kier alpha value is -0.800. The first-order valence-corrected chi connectivity index (χ1v) is 7.76. The first kappa shape index (κ1) is 15.3. The Morgan fingerprint density at radius 2 is 1.94 bits per heavy atom. The van der Waals surface area contributed by atoms with Gasteiger partial charge in [-0.15, -0.1) is 11.8 Å². The third-order valence-corrected chi connectivity index (χ3v) is 3.93. The third-order valence-electron chi connectivity index (χ3n) is 2.57. The highest BCUT2D eigenvalue weighted by atomic mass is 32.2. The number of thiocarbonyl (C=S) groups is 1. The molecule has 0 bridgehead atoms. The maximum absolute atomic E-state index is 9.89. The average Bonchev–Trinajstić information content (AvgIpc) is 2.39. The van der Waals surface area contributed by atoms with Gasteiger partial charge < -0.3 is 5.11 Å². The fraction of sp³-hybridized carbons (Fsp3) is 0.400. The van der Waals surface area contributed by atoms with Crippen molar-refractivity contribution in [1.82, 2.24) is 0 Å². The minimum absolute atomic E-state index is 0.252. The van der Waals surface area contributed by atoms with E-state index in [2.05, 4.69) is 6.92 Å². The second kappa shape index (κ2) is 9.17. The van der Waals surface area contributed by atoms with Crippen LogP contribution < -0.4 is 0 Å². The highest BCUT2D eigenvalue weighted by Gasteiger charge is 2.00. The molecule has 0 saturated carbocycles. The van der Waals surface area contributed by atoms with E-state index < -0.39 is 0 Å². The summed E-state index contributed by atoms with van der Waals surface area (Å²) in [6, 6.07) is 9.49. The minimum atomic E-state index is 0.252. The maximum atomic E-state index is 9.89. The van der Waals surface area contributed by atoms with Crippen LogP contribution in [0.25, 0.3) is 5.76 Å². The van der Waals surface area contributed by atoms with E-state index in [1.807, 2.05) is 30.3 Å². The van der Waals surface area contributed by atoms with E-state index in [0.717, 1.165) is 15.5 Å². The first-order chi connectivity index (χ1) is 8.74. The molecular formula is C15H20OS2. The molecule has 1 aromatic rings. The van der Waals surface area contributed by atoms with Gasteiger partial charge in [0, 0.05) is 11.6 Å². The van der Waals surface area contributed by atoms with E-state index in [1.54, 1.807) is 17.8 Å². The molecule has 0 amide bonds. The van der Waals surface area contributed by atoms with Crippen LogP contribution in [-0.4, -0.2) is 15.1 Å². The van der Waals surface area contributed by atoms with Gasteiger partial charge in [0.15, 0.2) is 0 Å². The minimum Gasteiger partial charge on any atom is -0.507 e. The van der Waals surface area contributed by atoms with E-state index in [4.69, 9.17) is 12.2 Å². The van der Waals surface area contributed by atoms with Crippen LogP contribution in [0.3, 0.4) is 0 Å². The van der Waals surface area contributed by atoms with Gasteiger partial charge in [0.05, 0.1) is 4.20 Å². The lowest BCUT2D eigenvalue weighted by Gasteiger charge is -2.02. The van der Waals surface area contributed by atoms with Crippen LogP contribution in [0.15, 0.2) is 36.4 Å². The molecule has 3 heteroatoms. The van der Waals surface area contributed by atoms with Gasteiger partial charge in [0.2, 0.25) is 0 Å². The summed E-state index contributed by atoms with van der Waals surface area (Å²) in [4.78, 5) is 0. The van der Waals surface area contributed by atoms with Crippen molar-refractivity contribution in [2.75, 3.05) is 5.75 Å². The summed E-state index contributed by atoms with van der Waals surface area (Å²) in [5.41, 5.74) is 0.812. The van der Waals surface area contributed by atoms with Gasteiger partial charge in [0.1, 0.15) is 5.76 Å². The Labute approximate surface area is 119 Å². The smallest absolute Gasteiger partial charge is 0.124 e. The van der Waals surface area contributed by atoms with Gasteiger partial charge in [-0.05, 0) is 12.2 Å². The van der Waals surface area contributed by atoms with Crippen molar-refractivity contribution in [3.05, 3.63) is 42.0 Å². The standard InChI is InChI=1S/C15H20OS2/c1-2-3-4-8-11-18-15(17)12-14(16)13-9-6-5-7-10-13/h5-7,9-10,12,16H,2-4,8,11H2,1H3/b14-12-. The van der Waals surface area contributed by atoms with Crippen LogP contribution in [0.1, 0.15) is 38.2 Å². The van der Waals surface area contributed by atoms with E-state index in [-0.39, 0.29) is 5.76 Å². The largest absolute Gasteiger partial charge is 0.507 e. The molecular weight excluding hydrogens is 260 g/mol. The SMILES string of the molecule is CCCCCCSC(=S)/C=C(\O)c1ccccc1. The Bertz CT molecular complexity index is 385. The quantitative estimate of drug-likeness (QED) is 0.320. The first-order valence-electron chi connectivity index (χ1n) is 6.37. The van der Waals surface area contributed by atoms with E-state index >= 15 is 0 Å². The highest BCUT2D eigenvalue weighted by molar-refractivity contribution is 8.23. The summed E-state index contributed by atoms with van der Waals surface area (Å²) in [5, 5.41) is 9.89. The second-order valence-electron chi connectivity index (χ2n) is 4.12. The molecule has 0 spiro atoms. The summed E-state index contributed by atoms with van der Waals surface area (Å²) >= 11 is 6.88. The third kappa shape index (κ3) is 6.22. The molecule has 0 aromatic heterocycles. The summed E-state index contributed by atoms with van der Waals surface area (Å²) < 4.78 is 0.757. The van der Waals surface area contributed by atoms with Crippen LogP contribution in [0.2, 0.25) is 0 Å². The zero-order chi connectivity index (χ0) is 13.2. The molecule has 0 aliphatic rings. The van der Waals surface area contributed by atoms with Crippen molar-refractivity contribution in [3.63, 3.8) is 0 Å². The second-order valence-corrected chi connectivity index (χ2v) is 5.96. The number of aliphatic hydroxyl groups is 1. The number of rotatable bonds is 7. The van der Waals surface area contributed by atoms with Crippen molar-refractivity contribution in [3.8, 4) is 0 Å². The summed E-state index contributed by atoms with van der Waals surface area (Å²) in [6.45, 7) is 2.21. The number of benzene rings is 1. The van der Waals surface area contributed by atoms with Gasteiger partial charge in [-0.25, -0.2) is 0 Å². The Morgan fingerprint density at radius 1 is 1.22 bits per heavy atom. The number of unbranched alkanes of at least 4 members (excludes halogenated alkanes) is 3. The van der Waals surface area contributed by atoms with Gasteiger partial charge >= 0.3 is 0 Å². The van der Waals surface area contributed by atoms with Gasteiger partial charge in [-0.3, -0.25) is 0 Å². The molecule has 0 heterocycles. The molecule has 18 heavy (non-hydrogen) atoms. The van der Waals surface area contributed by atoms with Crippen LogP contribution in [0, 0.1) is 0 Å². The van der Waals surface area contributed by atoms with Gasteiger partial charge in [-0.2, -0.15) is 0 Å². The fourth-order valence-electron chi connectivity index (χ4n) is 1.55. The lowest BCUT2D eigenvalue weighted by Crippen LogP contribution is -1.90. The lowest BCUT2D eigenvalue weighted by molar-refractivity contribution is 0.512. The van der Waals surface area contributed by atoms with Crippen molar-refractivity contribution in [2.45, 2.75) is 32.6 Å². The molecule has 1 N–H and O–H groups in total. The fourth-order valence-corrected chi connectivity index (χ4v) is 2.65. The Balaban J connectivity index is 2.34. The summed E-state index contributed by atoms with van der Waals surface area (Å²) in [5.74, 6) is 1.29. The van der Waals surface area contributed by atoms with Crippen LogP contribution >= 0.6 is 24.0 Å². The maximum Gasteiger partial charge on any atom is 0.124 e. The van der Waals surface area contributed by atoms with Crippen LogP contribution in [-0.2, 0) is 0 Å². The number of thioether (sulfide) groups is 1. The van der Waals surface area contributed by atoms with Crippen molar-refractivity contribution in [2.24, 2.45) is 0 Å². The molecule has 0 aliphatic heterocycles. The number of hydrogen-bond acceptors (Lipinski definition) is 3. The normalized spacial score (nSPS) is 11.5. The molecule has 1 nitrogen and oxygen atoms in total. The Kier molecular flexibility index (Phi) is 7.78. The molecule has 1 aromatic carbocycles.